The summed E-state index contributed by atoms with van der Waals surface area (Å²) in [6, 6.07) is 1.89. The largest absolute Gasteiger partial charge is 0.339 e. The number of nitrogens with zero attached hydrogens (tertiary/aromatic N) is 4. The molecular formula is C13H23Cl2N5O. The van der Waals surface area contributed by atoms with Crippen LogP contribution in [-0.2, 0) is 4.79 Å². The fourth-order valence-electron chi connectivity index (χ4n) is 2.12. The van der Waals surface area contributed by atoms with E-state index in [9.17, 15) is 4.79 Å². The van der Waals surface area contributed by atoms with Gasteiger partial charge >= 0.3 is 0 Å². The normalized spacial score (nSPS) is 15.7. The van der Waals surface area contributed by atoms with Gasteiger partial charge in [-0.15, -0.1) is 24.8 Å². The molecule has 0 aromatic carbocycles. The topological polar surface area (TPSA) is 75.4 Å². The number of anilines is 1. The molecule has 1 saturated heterocycles. The Morgan fingerprint density at radius 3 is 2.33 bits per heavy atom. The number of nitrogens with two attached hydrogens (primary N) is 1. The highest BCUT2D eigenvalue weighted by molar-refractivity contribution is 5.85. The number of aromatic nitrogens is 2. The van der Waals surface area contributed by atoms with E-state index in [-0.39, 0.29) is 36.8 Å². The van der Waals surface area contributed by atoms with Gasteiger partial charge in [0, 0.05) is 51.0 Å². The molecule has 0 spiro atoms. The number of rotatable bonds is 4. The summed E-state index contributed by atoms with van der Waals surface area (Å²) in [5.74, 6) is 0.941. The molecule has 1 aliphatic rings. The first-order valence-corrected chi connectivity index (χ1v) is 6.72. The van der Waals surface area contributed by atoms with Gasteiger partial charge in [-0.3, -0.25) is 4.79 Å². The summed E-state index contributed by atoms with van der Waals surface area (Å²) in [6.45, 7) is 4.96. The van der Waals surface area contributed by atoms with Crippen molar-refractivity contribution in [3.05, 3.63) is 18.5 Å². The second kappa shape index (κ2) is 9.76. The molecule has 2 N–H and O–H groups in total. The second-order valence-corrected chi connectivity index (χ2v) is 4.93. The highest BCUT2D eigenvalue weighted by Crippen LogP contribution is 2.11. The van der Waals surface area contributed by atoms with Gasteiger partial charge in [-0.2, -0.15) is 0 Å². The molecule has 1 aromatic heterocycles. The van der Waals surface area contributed by atoms with Gasteiger partial charge in [0.2, 0.25) is 11.9 Å². The molecule has 120 valence electrons. The van der Waals surface area contributed by atoms with E-state index in [2.05, 4.69) is 14.9 Å². The van der Waals surface area contributed by atoms with E-state index in [0.29, 0.717) is 6.42 Å². The van der Waals surface area contributed by atoms with E-state index in [1.54, 1.807) is 18.5 Å². The lowest BCUT2D eigenvalue weighted by molar-refractivity contribution is -0.131. The molecule has 21 heavy (non-hydrogen) atoms. The first-order valence-electron chi connectivity index (χ1n) is 6.72. The highest BCUT2D eigenvalue weighted by atomic mass is 35.5. The van der Waals surface area contributed by atoms with E-state index in [1.807, 2.05) is 11.8 Å². The number of hydrogen-bond donors (Lipinski definition) is 1. The standard InChI is InChI=1S/C13H21N5O.2ClH/c1-11(14)3-4-12(19)17-7-9-18(10-8-17)13-15-5-2-6-16-13;;/h2,5-6,11H,3-4,7-10,14H2,1H3;2*1H. The molecular weight excluding hydrogens is 313 g/mol. The van der Waals surface area contributed by atoms with Gasteiger partial charge in [-0.1, -0.05) is 0 Å². The Morgan fingerprint density at radius 1 is 1.24 bits per heavy atom. The summed E-state index contributed by atoms with van der Waals surface area (Å²) in [7, 11) is 0. The number of halogens is 2. The smallest absolute Gasteiger partial charge is 0.225 e. The van der Waals surface area contributed by atoms with E-state index in [1.165, 1.54) is 0 Å². The summed E-state index contributed by atoms with van der Waals surface area (Å²) < 4.78 is 0. The summed E-state index contributed by atoms with van der Waals surface area (Å²) >= 11 is 0. The fourth-order valence-corrected chi connectivity index (χ4v) is 2.12. The van der Waals surface area contributed by atoms with Gasteiger partial charge in [-0.05, 0) is 19.4 Å². The minimum atomic E-state index is 0. The SMILES string of the molecule is CC(N)CCC(=O)N1CCN(c2ncccn2)CC1.Cl.Cl. The monoisotopic (exact) mass is 335 g/mol. The van der Waals surface area contributed by atoms with Gasteiger partial charge in [0.05, 0.1) is 0 Å². The third-order valence-corrected chi connectivity index (χ3v) is 3.28. The van der Waals surface area contributed by atoms with Crippen molar-refractivity contribution in [1.82, 2.24) is 14.9 Å². The Kier molecular flexibility index (Phi) is 9.24. The first kappa shape index (κ1) is 19.9. The van der Waals surface area contributed by atoms with Gasteiger partial charge < -0.3 is 15.5 Å². The van der Waals surface area contributed by atoms with Crippen molar-refractivity contribution in [2.45, 2.75) is 25.8 Å². The van der Waals surface area contributed by atoms with E-state index in [0.717, 1.165) is 38.5 Å². The maximum Gasteiger partial charge on any atom is 0.225 e. The molecule has 2 heterocycles. The third kappa shape index (κ3) is 6.03. The Balaban J connectivity index is 0.00000200. The molecule has 0 radical (unpaired) electrons. The lowest BCUT2D eigenvalue weighted by atomic mass is 10.1. The quantitative estimate of drug-likeness (QED) is 0.891. The van der Waals surface area contributed by atoms with Crippen molar-refractivity contribution in [3.8, 4) is 0 Å². The highest BCUT2D eigenvalue weighted by Gasteiger charge is 2.22. The second-order valence-electron chi connectivity index (χ2n) is 4.93. The van der Waals surface area contributed by atoms with Crippen molar-refractivity contribution in [3.63, 3.8) is 0 Å². The predicted octanol–water partition coefficient (Wildman–Crippen LogP) is 1.10. The first-order chi connectivity index (χ1) is 9.16. The summed E-state index contributed by atoms with van der Waals surface area (Å²) in [5, 5.41) is 0. The van der Waals surface area contributed by atoms with Crippen LogP contribution in [0.1, 0.15) is 19.8 Å². The molecule has 1 atom stereocenters. The van der Waals surface area contributed by atoms with Gasteiger partial charge in [-0.25, -0.2) is 9.97 Å². The van der Waals surface area contributed by atoms with Crippen LogP contribution < -0.4 is 10.6 Å². The molecule has 1 aliphatic heterocycles. The zero-order valence-corrected chi connectivity index (χ0v) is 13.8. The van der Waals surface area contributed by atoms with Crippen molar-refractivity contribution in [2.75, 3.05) is 31.1 Å². The van der Waals surface area contributed by atoms with E-state index < -0.39 is 0 Å². The molecule has 1 aromatic rings. The van der Waals surface area contributed by atoms with Crippen LogP contribution in [0.15, 0.2) is 18.5 Å². The van der Waals surface area contributed by atoms with Crippen LogP contribution >= 0.6 is 24.8 Å². The molecule has 8 heteroatoms. The summed E-state index contributed by atoms with van der Waals surface area (Å²) in [6.07, 6.45) is 4.77. The number of piperazine rings is 1. The van der Waals surface area contributed by atoms with Gasteiger partial charge in [0.25, 0.3) is 0 Å². The van der Waals surface area contributed by atoms with Crippen molar-refractivity contribution in [2.24, 2.45) is 5.73 Å². The molecule has 0 aliphatic carbocycles. The van der Waals surface area contributed by atoms with Gasteiger partial charge in [0.15, 0.2) is 0 Å². The van der Waals surface area contributed by atoms with Crippen molar-refractivity contribution >= 4 is 36.7 Å². The predicted molar refractivity (Wildman–Crippen MR) is 88.2 cm³/mol. The van der Waals surface area contributed by atoms with Crippen LogP contribution in [0.2, 0.25) is 0 Å². The molecule has 1 unspecified atom stereocenters. The van der Waals surface area contributed by atoms with Gasteiger partial charge in [0.1, 0.15) is 0 Å². The number of hydrogen-bond acceptors (Lipinski definition) is 5. The number of carbonyl (C=O) groups excluding carboxylic acids is 1. The lowest BCUT2D eigenvalue weighted by Gasteiger charge is -2.34. The maximum atomic E-state index is 12.0. The Labute approximate surface area is 137 Å². The van der Waals surface area contributed by atoms with Crippen LogP contribution in [0.4, 0.5) is 5.95 Å². The maximum absolute atomic E-state index is 12.0. The zero-order valence-electron chi connectivity index (χ0n) is 12.1. The number of amides is 1. The fraction of sp³-hybridized carbons (Fsp3) is 0.615. The van der Waals surface area contributed by atoms with Crippen LogP contribution in [0, 0.1) is 0 Å². The molecule has 2 rings (SSSR count). The molecule has 0 bridgehead atoms. The minimum absolute atomic E-state index is 0. The van der Waals surface area contributed by atoms with Crippen LogP contribution in [-0.4, -0.2) is 53.0 Å². The summed E-state index contributed by atoms with van der Waals surface area (Å²) in [5.41, 5.74) is 5.67. The molecule has 1 amide bonds. The molecule has 1 fully saturated rings. The lowest BCUT2D eigenvalue weighted by Crippen LogP contribution is -2.49. The average Bonchev–Trinajstić information content (AvgIpc) is 2.46. The minimum Gasteiger partial charge on any atom is -0.339 e. The Hall–Kier alpha value is -1.11. The average molecular weight is 336 g/mol. The Morgan fingerprint density at radius 2 is 1.81 bits per heavy atom. The van der Waals surface area contributed by atoms with E-state index in [4.69, 9.17) is 5.73 Å². The van der Waals surface area contributed by atoms with Crippen molar-refractivity contribution in [1.29, 1.82) is 0 Å². The molecule has 6 nitrogen and oxygen atoms in total. The summed E-state index contributed by atoms with van der Waals surface area (Å²) in [4.78, 5) is 24.4. The van der Waals surface area contributed by atoms with Crippen LogP contribution in [0.5, 0.6) is 0 Å². The van der Waals surface area contributed by atoms with Crippen LogP contribution in [0.25, 0.3) is 0 Å². The number of carbonyl (C=O) groups is 1. The molecule has 0 saturated carbocycles. The van der Waals surface area contributed by atoms with Crippen molar-refractivity contribution < 1.29 is 4.79 Å². The van der Waals surface area contributed by atoms with E-state index >= 15 is 0 Å². The third-order valence-electron chi connectivity index (χ3n) is 3.28. The Bertz CT molecular complexity index is 410. The zero-order chi connectivity index (χ0) is 13.7. The van der Waals surface area contributed by atoms with Crippen LogP contribution in [0.3, 0.4) is 0 Å².